The van der Waals surface area contributed by atoms with Gasteiger partial charge in [-0.25, -0.2) is 4.39 Å². The van der Waals surface area contributed by atoms with Gasteiger partial charge in [-0.2, -0.15) is 0 Å². The minimum absolute atomic E-state index is 0. The van der Waals surface area contributed by atoms with Gasteiger partial charge in [-0.3, -0.25) is 4.79 Å². The maximum atomic E-state index is 13.4. The lowest BCUT2D eigenvalue weighted by atomic mass is 10.1. The van der Waals surface area contributed by atoms with Crippen LogP contribution in [0.1, 0.15) is 18.1 Å². The van der Waals surface area contributed by atoms with Gasteiger partial charge in [0, 0.05) is 24.6 Å². The molecule has 1 aromatic carbocycles. The topological polar surface area (TPSA) is 61.4 Å². The van der Waals surface area contributed by atoms with Gasteiger partial charge in [0.05, 0.1) is 6.61 Å². The number of rotatable bonds is 6. The van der Waals surface area contributed by atoms with Crippen LogP contribution in [0.15, 0.2) is 18.2 Å². The molecule has 0 aromatic heterocycles. The Morgan fingerprint density at radius 2 is 2.16 bits per heavy atom. The number of carbonyl (C=O) groups excluding carboxylic acids is 1. The van der Waals surface area contributed by atoms with E-state index in [2.05, 4.69) is 10.6 Å². The summed E-state index contributed by atoms with van der Waals surface area (Å²) in [5, 5.41) is 14.5. The molecule has 0 fully saturated rings. The van der Waals surface area contributed by atoms with E-state index in [0.717, 1.165) is 0 Å². The van der Waals surface area contributed by atoms with Crippen LogP contribution in [0.3, 0.4) is 0 Å². The normalized spacial score (nSPS) is 11.6. The van der Waals surface area contributed by atoms with E-state index in [1.165, 1.54) is 12.1 Å². The minimum atomic E-state index is -0.451. The number of aliphatic hydroxyl groups excluding tert-OH is 1. The first kappa shape index (κ1) is 17.8. The Balaban J connectivity index is 0.00000324. The Morgan fingerprint density at radius 1 is 1.47 bits per heavy atom. The highest BCUT2D eigenvalue weighted by atomic mass is 35.5. The summed E-state index contributed by atoms with van der Waals surface area (Å²) in [6.45, 7) is 2.39. The zero-order valence-electron chi connectivity index (χ0n) is 11.1. The van der Waals surface area contributed by atoms with Crippen molar-refractivity contribution < 1.29 is 14.3 Å². The summed E-state index contributed by atoms with van der Waals surface area (Å²) in [5.41, 5.74) is 0.934. The van der Waals surface area contributed by atoms with Crippen LogP contribution in [-0.4, -0.2) is 24.6 Å². The molecule has 0 saturated heterocycles. The van der Waals surface area contributed by atoms with Gasteiger partial charge in [0.25, 0.3) is 0 Å². The molecule has 3 N–H and O–H groups in total. The van der Waals surface area contributed by atoms with E-state index in [1.54, 1.807) is 13.1 Å². The second-order valence-corrected chi connectivity index (χ2v) is 4.26. The molecule has 1 aromatic rings. The molecule has 0 aliphatic rings. The van der Waals surface area contributed by atoms with Crippen molar-refractivity contribution in [1.82, 2.24) is 10.6 Å². The molecule has 19 heavy (non-hydrogen) atoms. The third-order valence-corrected chi connectivity index (χ3v) is 2.71. The van der Waals surface area contributed by atoms with Crippen LogP contribution in [0.2, 0.25) is 0 Å². The smallest absolute Gasteiger partial charge is 0.224 e. The average molecular weight is 291 g/mol. The predicted octanol–water partition coefficient (Wildman–Crippen LogP) is 1.21. The first-order valence-electron chi connectivity index (χ1n) is 5.89. The summed E-state index contributed by atoms with van der Waals surface area (Å²) in [7, 11) is 1.78. The number of amides is 1. The zero-order chi connectivity index (χ0) is 13.5. The molecule has 108 valence electrons. The molecule has 0 radical (unpaired) electrons. The number of aliphatic hydroxyl groups is 1. The summed E-state index contributed by atoms with van der Waals surface area (Å²) in [4.78, 5) is 11.6. The standard InChI is InChI=1S/C13H19FN2O2.ClH/c1-9(6-15-2)13(18)16-7-10-3-4-11(8-17)12(14)5-10;/h3-5,9,15,17H,6-8H2,1-2H3,(H,16,18);1H. The van der Waals surface area contributed by atoms with Gasteiger partial charge >= 0.3 is 0 Å². The van der Waals surface area contributed by atoms with E-state index in [9.17, 15) is 9.18 Å². The Bertz CT molecular complexity index is 416. The molecular formula is C13H20ClFN2O2. The van der Waals surface area contributed by atoms with E-state index < -0.39 is 5.82 Å². The Labute approximate surface area is 118 Å². The van der Waals surface area contributed by atoms with Crippen LogP contribution in [0.4, 0.5) is 4.39 Å². The molecule has 1 amide bonds. The van der Waals surface area contributed by atoms with E-state index in [1.807, 2.05) is 6.92 Å². The van der Waals surface area contributed by atoms with Crippen molar-refractivity contribution in [3.05, 3.63) is 35.1 Å². The van der Waals surface area contributed by atoms with Crippen LogP contribution >= 0.6 is 12.4 Å². The molecule has 0 spiro atoms. The third kappa shape index (κ3) is 5.55. The van der Waals surface area contributed by atoms with E-state index in [4.69, 9.17) is 5.11 Å². The highest BCUT2D eigenvalue weighted by Gasteiger charge is 2.11. The first-order valence-corrected chi connectivity index (χ1v) is 5.89. The SMILES string of the molecule is CNCC(C)C(=O)NCc1ccc(CO)c(F)c1.Cl. The lowest BCUT2D eigenvalue weighted by molar-refractivity contribution is -0.124. The fraction of sp³-hybridized carbons (Fsp3) is 0.462. The Morgan fingerprint density at radius 3 is 2.68 bits per heavy atom. The van der Waals surface area contributed by atoms with Gasteiger partial charge in [-0.1, -0.05) is 19.1 Å². The number of nitrogens with one attached hydrogen (secondary N) is 2. The molecule has 1 unspecified atom stereocenters. The summed E-state index contributed by atoms with van der Waals surface area (Å²) in [6.07, 6.45) is 0. The molecule has 0 aliphatic heterocycles. The fourth-order valence-electron chi connectivity index (χ4n) is 1.59. The van der Waals surface area contributed by atoms with Crippen molar-refractivity contribution in [2.45, 2.75) is 20.1 Å². The van der Waals surface area contributed by atoms with E-state index in [-0.39, 0.29) is 42.9 Å². The Hall–Kier alpha value is -1.17. The third-order valence-electron chi connectivity index (χ3n) is 2.71. The summed E-state index contributed by atoms with van der Waals surface area (Å²) in [6, 6.07) is 4.54. The average Bonchev–Trinajstić information content (AvgIpc) is 2.36. The summed E-state index contributed by atoms with van der Waals surface area (Å²) in [5.74, 6) is -0.653. The quantitative estimate of drug-likeness (QED) is 0.738. The van der Waals surface area contributed by atoms with E-state index >= 15 is 0 Å². The van der Waals surface area contributed by atoms with Crippen molar-refractivity contribution in [2.75, 3.05) is 13.6 Å². The van der Waals surface area contributed by atoms with Crippen LogP contribution in [-0.2, 0) is 17.9 Å². The molecule has 6 heteroatoms. The van der Waals surface area contributed by atoms with Crippen LogP contribution < -0.4 is 10.6 Å². The molecule has 4 nitrogen and oxygen atoms in total. The lowest BCUT2D eigenvalue weighted by Crippen LogP contribution is -2.33. The first-order chi connectivity index (χ1) is 8.58. The Kier molecular flexibility index (Phi) is 8.30. The highest BCUT2D eigenvalue weighted by Crippen LogP contribution is 2.10. The number of halogens is 2. The summed E-state index contributed by atoms with van der Waals surface area (Å²) >= 11 is 0. The molecular weight excluding hydrogens is 271 g/mol. The van der Waals surface area contributed by atoms with E-state index in [0.29, 0.717) is 12.1 Å². The van der Waals surface area contributed by atoms with Gasteiger partial charge in [0.1, 0.15) is 5.82 Å². The maximum absolute atomic E-state index is 13.4. The molecule has 0 bridgehead atoms. The van der Waals surface area contributed by atoms with Gasteiger partial charge in [-0.15, -0.1) is 12.4 Å². The second-order valence-electron chi connectivity index (χ2n) is 4.26. The van der Waals surface area contributed by atoms with Gasteiger partial charge in [0.15, 0.2) is 0 Å². The van der Waals surface area contributed by atoms with Gasteiger partial charge in [-0.05, 0) is 18.7 Å². The van der Waals surface area contributed by atoms with Gasteiger partial charge < -0.3 is 15.7 Å². The molecule has 0 heterocycles. The maximum Gasteiger partial charge on any atom is 0.224 e. The van der Waals surface area contributed by atoms with Crippen molar-refractivity contribution in [3.63, 3.8) is 0 Å². The zero-order valence-corrected chi connectivity index (χ0v) is 11.9. The van der Waals surface area contributed by atoms with Crippen LogP contribution in [0.25, 0.3) is 0 Å². The van der Waals surface area contributed by atoms with Crippen molar-refractivity contribution in [2.24, 2.45) is 5.92 Å². The lowest BCUT2D eigenvalue weighted by Gasteiger charge is -2.12. The van der Waals surface area contributed by atoms with Crippen molar-refractivity contribution in [1.29, 1.82) is 0 Å². The molecule has 1 rings (SSSR count). The van der Waals surface area contributed by atoms with Crippen LogP contribution in [0.5, 0.6) is 0 Å². The second kappa shape index (κ2) is 8.85. The molecule has 0 saturated carbocycles. The number of benzene rings is 1. The minimum Gasteiger partial charge on any atom is -0.392 e. The predicted molar refractivity (Wildman–Crippen MR) is 74.5 cm³/mol. The monoisotopic (exact) mass is 290 g/mol. The summed E-state index contributed by atoms with van der Waals surface area (Å²) < 4.78 is 13.4. The highest BCUT2D eigenvalue weighted by molar-refractivity contribution is 5.85. The molecule has 1 atom stereocenters. The number of carbonyl (C=O) groups is 1. The molecule has 0 aliphatic carbocycles. The fourth-order valence-corrected chi connectivity index (χ4v) is 1.59. The van der Waals surface area contributed by atoms with Crippen molar-refractivity contribution >= 4 is 18.3 Å². The van der Waals surface area contributed by atoms with Crippen molar-refractivity contribution in [3.8, 4) is 0 Å². The van der Waals surface area contributed by atoms with Crippen LogP contribution in [0, 0.1) is 11.7 Å². The number of hydrogen-bond donors (Lipinski definition) is 3. The number of hydrogen-bond acceptors (Lipinski definition) is 3. The largest absolute Gasteiger partial charge is 0.392 e. The van der Waals surface area contributed by atoms with Gasteiger partial charge in [0.2, 0.25) is 5.91 Å².